The van der Waals surface area contributed by atoms with E-state index in [1.165, 1.54) is 17.6 Å². The van der Waals surface area contributed by atoms with Gasteiger partial charge < -0.3 is 14.5 Å². The van der Waals surface area contributed by atoms with E-state index >= 15 is 0 Å². The highest BCUT2D eigenvalue weighted by Gasteiger charge is 2.13. The molecule has 2 aromatic heterocycles. The lowest BCUT2D eigenvalue weighted by molar-refractivity contribution is -0.120. The average Bonchev–Trinajstić information content (AvgIpc) is 3.33. The molecule has 0 radical (unpaired) electrons. The molecular weight excluding hydrogens is 378 g/mol. The van der Waals surface area contributed by atoms with Gasteiger partial charge in [0.2, 0.25) is 5.91 Å². The van der Waals surface area contributed by atoms with Crippen LogP contribution in [0.2, 0.25) is 0 Å². The van der Waals surface area contributed by atoms with Crippen molar-refractivity contribution in [2.45, 2.75) is 32.9 Å². The number of thiazole rings is 1. The summed E-state index contributed by atoms with van der Waals surface area (Å²) in [6, 6.07) is 10.8. The van der Waals surface area contributed by atoms with E-state index in [2.05, 4.69) is 15.6 Å². The topological polar surface area (TPSA) is 93.5 Å². The number of hydrogen-bond donors (Lipinski definition) is 2. The molecule has 0 aliphatic heterocycles. The van der Waals surface area contributed by atoms with Crippen LogP contribution in [-0.4, -0.2) is 22.9 Å². The molecule has 2 amide bonds. The Balaban J connectivity index is 1.46. The number of benzene rings is 1. The third kappa shape index (κ3) is 5.68. The zero-order chi connectivity index (χ0) is 19.9. The van der Waals surface area contributed by atoms with Gasteiger partial charge in [0.1, 0.15) is 5.75 Å². The summed E-state index contributed by atoms with van der Waals surface area (Å²) in [5.41, 5.74) is 1.58. The molecule has 0 unspecified atom stereocenters. The first-order chi connectivity index (χ1) is 13.5. The van der Waals surface area contributed by atoms with Gasteiger partial charge in [0.15, 0.2) is 10.9 Å². The number of carbonyl (C=O) groups excluding carboxylic acids is 2. The number of hydrogen-bond acceptors (Lipinski definition) is 6. The Kier molecular flexibility index (Phi) is 6.44. The zero-order valence-electron chi connectivity index (χ0n) is 15.6. The second-order valence-electron chi connectivity index (χ2n) is 6.34. The molecule has 1 aromatic carbocycles. The Morgan fingerprint density at radius 3 is 2.68 bits per heavy atom. The van der Waals surface area contributed by atoms with Gasteiger partial charge in [-0.15, -0.1) is 11.3 Å². The average molecular weight is 399 g/mol. The van der Waals surface area contributed by atoms with E-state index in [4.69, 9.17) is 9.15 Å². The number of nitrogens with one attached hydrogen (secondary N) is 2. The molecule has 0 saturated heterocycles. The molecule has 0 saturated carbocycles. The van der Waals surface area contributed by atoms with Crippen molar-refractivity contribution in [2.75, 3.05) is 5.32 Å². The Hall–Kier alpha value is -3.13. The number of furan rings is 1. The molecule has 3 rings (SSSR count). The van der Waals surface area contributed by atoms with Crippen LogP contribution in [0.15, 0.2) is 52.5 Å². The lowest BCUT2D eigenvalue weighted by atomic mass is 10.2. The highest BCUT2D eigenvalue weighted by atomic mass is 32.1. The maximum Gasteiger partial charge on any atom is 0.293 e. The van der Waals surface area contributed by atoms with Gasteiger partial charge in [-0.25, -0.2) is 4.98 Å². The summed E-state index contributed by atoms with van der Waals surface area (Å²) >= 11 is 1.26. The van der Waals surface area contributed by atoms with E-state index in [0.29, 0.717) is 17.4 Å². The molecular formula is C20H21N3O4S. The summed E-state index contributed by atoms with van der Waals surface area (Å²) in [4.78, 5) is 28.3. The molecule has 3 aromatic rings. The van der Waals surface area contributed by atoms with Gasteiger partial charge in [-0.3, -0.25) is 14.9 Å². The highest BCUT2D eigenvalue weighted by Crippen LogP contribution is 2.17. The molecule has 0 atom stereocenters. The second kappa shape index (κ2) is 9.18. The third-order valence-corrected chi connectivity index (χ3v) is 4.45. The Labute approximate surface area is 166 Å². The van der Waals surface area contributed by atoms with Crippen molar-refractivity contribution in [1.29, 1.82) is 0 Å². The fraction of sp³-hybridized carbons (Fsp3) is 0.250. The van der Waals surface area contributed by atoms with Crippen LogP contribution in [0, 0.1) is 0 Å². The Morgan fingerprint density at radius 1 is 1.21 bits per heavy atom. The van der Waals surface area contributed by atoms with Crippen LogP contribution < -0.4 is 15.4 Å². The quantitative estimate of drug-likeness (QED) is 0.603. The van der Waals surface area contributed by atoms with E-state index < -0.39 is 0 Å². The smallest absolute Gasteiger partial charge is 0.293 e. The maximum atomic E-state index is 12.1. The van der Waals surface area contributed by atoms with E-state index in [0.717, 1.165) is 11.3 Å². The summed E-state index contributed by atoms with van der Waals surface area (Å²) in [5.74, 6) is 0.493. The monoisotopic (exact) mass is 399 g/mol. The second-order valence-corrected chi connectivity index (χ2v) is 7.20. The molecule has 0 spiro atoms. The minimum atomic E-state index is -0.375. The van der Waals surface area contributed by atoms with Crippen LogP contribution in [-0.2, 0) is 17.8 Å². The minimum Gasteiger partial charge on any atom is -0.491 e. The summed E-state index contributed by atoms with van der Waals surface area (Å²) in [6.07, 6.45) is 1.69. The van der Waals surface area contributed by atoms with Gasteiger partial charge in [0.05, 0.1) is 24.5 Å². The molecule has 146 valence electrons. The van der Waals surface area contributed by atoms with Crippen LogP contribution in [0.4, 0.5) is 5.13 Å². The number of anilines is 1. The van der Waals surface area contributed by atoms with Crippen molar-refractivity contribution in [3.8, 4) is 5.75 Å². The maximum absolute atomic E-state index is 12.1. The molecule has 0 aliphatic carbocycles. The number of ether oxygens (including phenoxy) is 1. The summed E-state index contributed by atoms with van der Waals surface area (Å²) in [5, 5.41) is 7.67. The predicted molar refractivity (Wildman–Crippen MR) is 107 cm³/mol. The lowest BCUT2D eigenvalue weighted by Gasteiger charge is -2.10. The zero-order valence-corrected chi connectivity index (χ0v) is 16.4. The predicted octanol–water partition coefficient (Wildman–Crippen LogP) is 3.63. The van der Waals surface area contributed by atoms with Crippen molar-refractivity contribution >= 4 is 28.3 Å². The van der Waals surface area contributed by atoms with E-state index in [9.17, 15) is 9.59 Å². The molecule has 8 heteroatoms. The first-order valence-electron chi connectivity index (χ1n) is 8.81. The van der Waals surface area contributed by atoms with Crippen molar-refractivity contribution in [2.24, 2.45) is 0 Å². The number of nitrogens with zero attached hydrogens (tertiary/aromatic N) is 1. The number of aromatic nitrogens is 1. The van der Waals surface area contributed by atoms with Gasteiger partial charge in [-0.1, -0.05) is 12.1 Å². The van der Waals surface area contributed by atoms with Crippen molar-refractivity contribution in [3.05, 3.63) is 65.1 Å². The fourth-order valence-electron chi connectivity index (χ4n) is 2.40. The highest BCUT2D eigenvalue weighted by molar-refractivity contribution is 7.14. The number of rotatable bonds is 8. The Morgan fingerprint density at radius 2 is 2.00 bits per heavy atom. The number of carbonyl (C=O) groups is 2. The first-order valence-corrected chi connectivity index (χ1v) is 9.69. The Bertz CT molecular complexity index is 917. The summed E-state index contributed by atoms with van der Waals surface area (Å²) in [7, 11) is 0. The van der Waals surface area contributed by atoms with Crippen LogP contribution in [0.25, 0.3) is 0 Å². The van der Waals surface area contributed by atoms with E-state index in [-0.39, 0.29) is 30.1 Å². The molecule has 0 fully saturated rings. The standard InChI is InChI=1S/C20H21N3O4S/c1-13(2)27-16-7-5-14(6-8-16)11-21-18(24)10-15-12-28-20(22-15)23-19(25)17-4-3-9-26-17/h3-9,12-13H,10-11H2,1-2H3,(H,21,24)(H,22,23,25). The van der Waals surface area contributed by atoms with Crippen LogP contribution in [0.5, 0.6) is 5.75 Å². The normalized spacial score (nSPS) is 10.7. The molecule has 0 bridgehead atoms. The minimum absolute atomic E-state index is 0.123. The largest absolute Gasteiger partial charge is 0.491 e. The van der Waals surface area contributed by atoms with Crippen molar-refractivity contribution in [3.63, 3.8) is 0 Å². The van der Waals surface area contributed by atoms with Crippen molar-refractivity contribution < 1.29 is 18.7 Å². The SMILES string of the molecule is CC(C)Oc1ccc(CNC(=O)Cc2csc(NC(=O)c3ccco3)n2)cc1. The van der Waals surface area contributed by atoms with E-state index in [1.807, 2.05) is 38.1 Å². The number of amides is 2. The van der Waals surface area contributed by atoms with Gasteiger partial charge in [0, 0.05) is 11.9 Å². The third-order valence-electron chi connectivity index (χ3n) is 3.64. The van der Waals surface area contributed by atoms with Crippen molar-refractivity contribution in [1.82, 2.24) is 10.3 Å². The molecule has 2 heterocycles. The molecule has 2 N–H and O–H groups in total. The van der Waals surface area contributed by atoms with Crippen LogP contribution >= 0.6 is 11.3 Å². The van der Waals surface area contributed by atoms with Gasteiger partial charge in [0.25, 0.3) is 5.91 Å². The summed E-state index contributed by atoms with van der Waals surface area (Å²) in [6.45, 7) is 4.37. The van der Waals surface area contributed by atoms with Gasteiger partial charge in [-0.05, 0) is 43.7 Å². The van der Waals surface area contributed by atoms with Crippen LogP contribution in [0.1, 0.15) is 35.7 Å². The van der Waals surface area contributed by atoms with E-state index in [1.54, 1.807) is 17.5 Å². The fourth-order valence-corrected chi connectivity index (χ4v) is 3.10. The molecule has 28 heavy (non-hydrogen) atoms. The summed E-state index contributed by atoms with van der Waals surface area (Å²) < 4.78 is 10.6. The van der Waals surface area contributed by atoms with Gasteiger partial charge >= 0.3 is 0 Å². The van der Waals surface area contributed by atoms with Gasteiger partial charge in [-0.2, -0.15) is 0 Å². The van der Waals surface area contributed by atoms with Crippen LogP contribution in [0.3, 0.4) is 0 Å². The molecule has 0 aliphatic rings. The molecule has 7 nitrogen and oxygen atoms in total. The first kappa shape index (κ1) is 19.6. The lowest BCUT2D eigenvalue weighted by Crippen LogP contribution is -2.24.